The molecular formula is C15H15NO3S. The zero-order valence-electron chi connectivity index (χ0n) is 11.0. The lowest BCUT2D eigenvalue weighted by Crippen LogP contribution is -2.36. The van der Waals surface area contributed by atoms with Gasteiger partial charge in [0.25, 0.3) is 5.56 Å². The van der Waals surface area contributed by atoms with E-state index in [1.807, 2.05) is 0 Å². The predicted molar refractivity (Wildman–Crippen MR) is 78.6 cm³/mol. The first-order valence-corrected chi connectivity index (χ1v) is 8.07. The fourth-order valence-electron chi connectivity index (χ4n) is 2.75. The van der Waals surface area contributed by atoms with E-state index in [-0.39, 0.29) is 10.6 Å². The van der Waals surface area contributed by atoms with Crippen LogP contribution in [0, 0.1) is 0 Å². The number of hydrogen-bond donors (Lipinski definition) is 0. The lowest BCUT2D eigenvalue weighted by atomic mass is 10.1. The predicted octanol–water partition coefficient (Wildman–Crippen LogP) is 2.12. The average molecular weight is 289 g/mol. The summed E-state index contributed by atoms with van der Waals surface area (Å²) in [6.45, 7) is 4.05. The number of benzene rings is 1. The van der Waals surface area contributed by atoms with Crippen molar-refractivity contribution < 1.29 is 8.42 Å². The number of sulfone groups is 1. The molecule has 5 heteroatoms. The lowest BCUT2D eigenvalue weighted by Gasteiger charge is -2.25. The van der Waals surface area contributed by atoms with Crippen molar-refractivity contribution >= 4 is 20.6 Å². The molecule has 0 saturated carbocycles. The number of rotatable bonds is 2. The van der Waals surface area contributed by atoms with Crippen LogP contribution in [0.4, 0.5) is 0 Å². The first kappa shape index (κ1) is 13.1. The Kier molecular flexibility index (Phi) is 3.01. The van der Waals surface area contributed by atoms with Gasteiger partial charge in [-0.15, -0.1) is 6.58 Å². The van der Waals surface area contributed by atoms with E-state index in [0.717, 1.165) is 0 Å². The second kappa shape index (κ2) is 4.59. The Morgan fingerprint density at radius 1 is 1.35 bits per heavy atom. The van der Waals surface area contributed by atoms with Crippen molar-refractivity contribution in [3.05, 3.63) is 53.3 Å². The molecule has 1 aliphatic rings. The Hall–Kier alpha value is -1.88. The smallest absolute Gasteiger partial charge is 0.259 e. The second-order valence-corrected chi connectivity index (χ2v) is 7.18. The number of pyridine rings is 1. The van der Waals surface area contributed by atoms with Crippen molar-refractivity contribution in [3.8, 4) is 0 Å². The first-order chi connectivity index (χ1) is 9.55. The Morgan fingerprint density at radius 2 is 2.10 bits per heavy atom. The highest BCUT2D eigenvalue weighted by Gasteiger charge is 2.34. The number of aromatic nitrogens is 1. The normalized spacial score (nSPS) is 20.5. The molecule has 0 saturated heterocycles. The quantitative estimate of drug-likeness (QED) is 0.796. The van der Waals surface area contributed by atoms with E-state index in [2.05, 4.69) is 6.58 Å². The van der Waals surface area contributed by atoms with Gasteiger partial charge in [0.15, 0.2) is 9.84 Å². The van der Waals surface area contributed by atoms with E-state index < -0.39 is 15.1 Å². The molecule has 0 fully saturated rings. The van der Waals surface area contributed by atoms with Crippen LogP contribution in [0.15, 0.2) is 52.8 Å². The lowest BCUT2D eigenvalue weighted by molar-refractivity contribution is 0.487. The summed E-state index contributed by atoms with van der Waals surface area (Å²) in [7, 11) is -3.47. The number of allylic oxidation sites excluding steroid dienone is 1. The van der Waals surface area contributed by atoms with Crippen molar-refractivity contribution in [1.82, 2.24) is 4.57 Å². The highest BCUT2D eigenvalue weighted by Crippen LogP contribution is 2.28. The van der Waals surface area contributed by atoms with E-state index >= 15 is 0 Å². The van der Waals surface area contributed by atoms with E-state index in [0.29, 0.717) is 30.2 Å². The van der Waals surface area contributed by atoms with Gasteiger partial charge in [0, 0.05) is 11.9 Å². The summed E-state index contributed by atoms with van der Waals surface area (Å²) < 4.78 is 26.6. The molecule has 0 aliphatic carbocycles. The van der Waals surface area contributed by atoms with Crippen LogP contribution in [0.25, 0.3) is 10.8 Å². The van der Waals surface area contributed by atoms with Crippen LogP contribution >= 0.6 is 0 Å². The Balaban J connectivity index is 2.33. The van der Waals surface area contributed by atoms with Crippen molar-refractivity contribution in [2.24, 2.45) is 0 Å². The largest absolute Gasteiger partial charge is 0.299 e. The van der Waals surface area contributed by atoms with Crippen molar-refractivity contribution in [2.75, 3.05) is 0 Å². The van der Waals surface area contributed by atoms with Crippen LogP contribution in [0.5, 0.6) is 0 Å². The molecule has 1 aromatic carbocycles. The fraction of sp³-hybridized carbons (Fsp3) is 0.267. The molecule has 0 radical (unpaired) electrons. The molecular weight excluding hydrogens is 274 g/mol. The third-order valence-electron chi connectivity index (χ3n) is 3.82. The molecule has 0 amide bonds. The summed E-state index contributed by atoms with van der Waals surface area (Å²) in [5.74, 6) is 0. The molecule has 20 heavy (non-hydrogen) atoms. The first-order valence-electron chi connectivity index (χ1n) is 6.53. The summed E-state index contributed by atoms with van der Waals surface area (Å²) in [6.07, 6.45) is 2.50. The van der Waals surface area contributed by atoms with Gasteiger partial charge in [-0.3, -0.25) is 9.36 Å². The summed E-state index contributed by atoms with van der Waals surface area (Å²) in [6, 6.07) is 8.70. The molecule has 0 N–H and O–H groups in total. The maximum Gasteiger partial charge on any atom is 0.259 e. The minimum Gasteiger partial charge on any atom is -0.299 e. The molecule has 3 rings (SSSR count). The summed E-state index contributed by atoms with van der Waals surface area (Å²) in [5, 5.41) is 0.903. The second-order valence-electron chi connectivity index (χ2n) is 5.01. The number of fused-ring (bicyclic) bond motifs is 2. The van der Waals surface area contributed by atoms with Crippen molar-refractivity contribution in [3.63, 3.8) is 0 Å². The molecule has 2 heterocycles. The highest BCUT2D eigenvalue weighted by molar-refractivity contribution is 7.92. The molecule has 104 valence electrons. The van der Waals surface area contributed by atoms with Crippen molar-refractivity contribution in [1.29, 1.82) is 0 Å². The number of nitrogens with zero attached hydrogens (tertiary/aromatic N) is 1. The van der Waals surface area contributed by atoms with Gasteiger partial charge in [-0.05, 0) is 30.4 Å². The van der Waals surface area contributed by atoms with E-state index in [4.69, 9.17) is 0 Å². The zero-order valence-corrected chi connectivity index (χ0v) is 11.8. The monoisotopic (exact) mass is 289 g/mol. The van der Waals surface area contributed by atoms with Crippen LogP contribution in [-0.4, -0.2) is 18.2 Å². The Labute approximate surface area is 117 Å². The fourth-order valence-corrected chi connectivity index (χ4v) is 4.67. The maximum atomic E-state index is 12.6. The standard InChI is InChI=1S/C15H15NO3S/c1-2-5-12-8-9-16-14(20(12,18)19)10-11-6-3-4-7-13(11)15(16)17/h2-4,6-7,10,12H,1,5,8-9H2. The van der Waals surface area contributed by atoms with Crippen molar-refractivity contribution in [2.45, 2.75) is 29.7 Å². The summed E-state index contributed by atoms with van der Waals surface area (Å²) >= 11 is 0. The molecule has 2 aromatic rings. The molecule has 4 nitrogen and oxygen atoms in total. The van der Waals surface area contributed by atoms with Crippen LogP contribution in [0.2, 0.25) is 0 Å². The van der Waals surface area contributed by atoms with Gasteiger partial charge < -0.3 is 0 Å². The molecule has 0 spiro atoms. The van der Waals surface area contributed by atoms with Gasteiger partial charge in [-0.2, -0.15) is 0 Å². The van der Waals surface area contributed by atoms with Crippen LogP contribution in [-0.2, 0) is 16.4 Å². The number of hydrogen-bond acceptors (Lipinski definition) is 3. The Morgan fingerprint density at radius 3 is 2.85 bits per heavy atom. The third kappa shape index (κ3) is 1.81. The van der Waals surface area contributed by atoms with Gasteiger partial charge in [0.05, 0.1) is 5.25 Å². The minimum absolute atomic E-state index is 0.138. The zero-order chi connectivity index (χ0) is 14.3. The topological polar surface area (TPSA) is 56.1 Å². The molecule has 1 atom stereocenters. The molecule has 1 unspecified atom stereocenters. The van der Waals surface area contributed by atoms with Gasteiger partial charge in [0.2, 0.25) is 0 Å². The van der Waals surface area contributed by atoms with E-state index in [1.54, 1.807) is 36.4 Å². The minimum atomic E-state index is -3.47. The van der Waals surface area contributed by atoms with Crippen LogP contribution < -0.4 is 5.56 Å². The van der Waals surface area contributed by atoms with Gasteiger partial charge in [0.1, 0.15) is 5.03 Å². The molecule has 0 bridgehead atoms. The average Bonchev–Trinajstić information content (AvgIpc) is 2.43. The molecule has 1 aromatic heterocycles. The highest BCUT2D eigenvalue weighted by atomic mass is 32.2. The Bertz CT molecular complexity index is 849. The third-order valence-corrected chi connectivity index (χ3v) is 6.04. The summed E-state index contributed by atoms with van der Waals surface area (Å²) in [4.78, 5) is 12.4. The SMILES string of the molecule is C=CCC1CCn2c(cc3ccccc3c2=O)S1(=O)=O. The maximum absolute atomic E-state index is 12.6. The van der Waals surface area contributed by atoms with Crippen LogP contribution in [0.3, 0.4) is 0 Å². The van der Waals surface area contributed by atoms with E-state index in [9.17, 15) is 13.2 Å². The summed E-state index contributed by atoms with van der Waals surface area (Å²) in [5.41, 5.74) is -0.223. The van der Waals surface area contributed by atoms with E-state index in [1.165, 1.54) is 4.57 Å². The van der Waals surface area contributed by atoms with Crippen LogP contribution in [0.1, 0.15) is 12.8 Å². The van der Waals surface area contributed by atoms with Gasteiger partial charge >= 0.3 is 0 Å². The van der Waals surface area contributed by atoms with Gasteiger partial charge in [-0.25, -0.2) is 8.42 Å². The van der Waals surface area contributed by atoms with Gasteiger partial charge in [-0.1, -0.05) is 24.3 Å². The molecule has 1 aliphatic heterocycles.